The van der Waals surface area contributed by atoms with Crippen LogP contribution in [0.15, 0.2) is 17.0 Å². The van der Waals surface area contributed by atoms with Gasteiger partial charge in [0, 0.05) is 6.26 Å². The molecule has 4 N–H and O–H groups in total. The number of primary amides is 1. The van der Waals surface area contributed by atoms with Crippen LogP contribution in [-0.2, 0) is 16.0 Å². The van der Waals surface area contributed by atoms with Crippen LogP contribution in [0.25, 0.3) is 5.69 Å². The number of anilines is 1. The molecule has 2 rings (SSSR count). The monoisotopic (exact) mass is 416 g/mol. The SMILES string of the molecule is CS(=O)(=O)c1c(C(N)=O)nn(-c2c(Cl)cc(C(F)(F)F)cc2Cl)c1N. The number of benzene rings is 1. The van der Waals surface area contributed by atoms with Crippen LogP contribution in [0.2, 0.25) is 10.0 Å². The molecule has 0 aliphatic heterocycles. The third-order valence-corrected chi connectivity index (χ3v) is 4.76. The van der Waals surface area contributed by atoms with Gasteiger partial charge < -0.3 is 11.5 Å². The molecule has 13 heteroatoms. The number of alkyl halides is 3. The summed E-state index contributed by atoms with van der Waals surface area (Å²) in [7, 11) is -4.03. The third-order valence-electron chi connectivity index (χ3n) is 3.04. The standard InChI is InChI=1S/C12H9Cl2F3N4O3S/c1-25(23,24)9-7(11(19)22)20-21(10(9)18)8-5(13)2-4(3-6(8)14)12(15,16)17/h2-3H,18H2,1H3,(H2,19,22). The van der Waals surface area contributed by atoms with E-state index >= 15 is 0 Å². The van der Waals surface area contributed by atoms with Gasteiger partial charge in [-0.1, -0.05) is 23.2 Å². The minimum Gasteiger partial charge on any atom is -0.382 e. The van der Waals surface area contributed by atoms with Gasteiger partial charge in [0.25, 0.3) is 5.91 Å². The smallest absolute Gasteiger partial charge is 0.382 e. The average Bonchev–Trinajstić information content (AvgIpc) is 2.75. The summed E-state index contributed by atoms with van der Waals surface area (Å²) in [6.45, 7) is 0. The third kappa shape index (κ3) is 3.53. The Morgan fingerprint density at radius 2 is 1.72 bits per heavy atom. The van der Waals surface area contributed by atoms with Gasteiger partial charge in [0.2, 0.25) is 0 Å². The van der Waals surface area contributed by atoms with E-state index in [0.717, 1.165) is 6.26 Å². The summed E-state index contributed by atoms with van der Waals surface area (Å²) >= 11 is 11.7. The number of nitrogens with zero attached hydrogens (tertiary/aromatic N) is 2. The maximum atomic E-state index is 12.8. The molecule has 0 bridgehead atoms. The second-order valence-corrected chi connectivity index (χ2v) is 7.66. The number of aromatic nitrogens is 2. The molecule has 136 valence electrons. The molecule has 0 aliphatic carbocycles. The van der Waals surface area contributed by atoms with Crippen LogP contribution in [-0.4, -0.2) is 30.4 Å². The average molecular weight is 417 g/mol. The quantitative estimate of drug-likeness (QED) is 0.794. The van der Waals surface area contributed by atoms with Crippen LogP contribution in [0.5, 0.6) is 0 Å². The van der Waals surface area contributed by atoms with Crippen LogP contribution in [0, 0.1) is 0 Å². The molecule has 0 spiro atoms. The molecule has 0 radical (unpaired) electrons. The van der Waals surface area contributed by atoms with Crippen molar-refractivity contribution in [3.63, 3.8) is 0 Å². The maximum Gasteiger partial charge on any atom is 0.416 e. The van der Waals surface area contributed by atoms with Gasteiger partial charge in [0.15, 0.2) is 15.5 Å². The highest BCUT2D eigenvalue weighted by atomic mass is 35.5. The van der Waals surface area contributed by atoms with Crippen molar-refractivity contribution < 1.29 is 26.4 Å². The number of nitrogens with two attached hydrogens (primary N) is 2. The van der Waals surface area contributed by atoms with Crippen LogP contribution >= 0.6 is 23.2 Å². The van der Waals surface area contributed by atoms with Crippen molar-refractivity contribution in [2.75, 3.05) is 12.0 Å². The predicted molar refractivity (Wildman–Crippen MR) is 84.6 cm³/mol. The van der Waals surface area contributed by atoms with E-state index in [4.69, 9.17) is 34.7 Å². The Morgan fingerprint density at radius 1 is 1.24 bits per heavy atom. The van der Waals surface area contributed by atoms with Gasteiger partial charge in [-0.25, -0.2) is 13.1 Å². The van der Waals surface area contributed by atoms with Crippen molar-refractivity contribution in [3.05, 3.63) is 33.4 Å². The number of hydrogen-bond acceptors (Lipinski definition) is 5. The van der Waals surface area contributed by atoms with Gasteiger partial charge in [-0.2, -0.15) is 18.3 Å². The lowest BCUT2D eigenvalue weighted by Crippen LogP contribution is -2.16. The molecule has 7 nitrogen and oxygen atoms in total. The Bertz CT molecular complexity index is 963. The van der Waals surface area contributed by atoms with Gasteiger partial charge in [-0.15, -0.1) is 0 Å². The molecular formula is C12H9Cl2F3N4O3S. The second-order valence-electron chi connectivity index (χ2n) is 4.90. The zero-order valence-electron chi connectivity index (χ0n) is 12.2. The normalized spacial score (nSPS) is 12.4. The first-order chi connectivity index (χ1) is 11.2. The summed E-state index contributed by atoms with van der Waals surface area (Å²) in [6.07, 6.45) is -3.95. The first-order valence-corrected chi connectivity index (χ1v) is 8.84. The fraction of sp³-hybridized carbons (Fsp3) is 0.167. The van der Waals surface area contributed by atoms with Crippen LogP contribution in [0.3, 0.4) is 0 Å². The second kappa shape index (κ2) is 6.07. The van der Waals surface area contributed by atoms with Crippen molar-refractivity contribution in [2.45, 2.75) is 11.1 Å². The summed E-state index contributed by atoms with van der Waals surface area (Å²) in [6, 6.07) is 1.13. The molecule has 25 heavy (non-hydrogen) atoms. The molecule has 0 atom stereocenters. The van der Waals surface area contributed by atoms with Crippen LogP contribution in [0.4, 0.5) is 19.0 Å². The van der Waals surface area contributed by atoms with Crippen molar-refractivity contribution in [1.82, 2.24) is 9.78 Å². The Balaban J connectivity index is 2.83. The number of carbonyl (C=O) groups is 1. The van der Waals surface area contributed by atoms with Gasteiger partial charge in [-0.05, 0) is 12.1 Å². The van der Waals surface area contributed by atoms with E-state index in [0.29, 0.717) is 16.8 Å². The van der Waals surface area contributed by atoms with Gasteiger partial charge in [-0.3, -0.25) is 4.79 Å². The molecular weight excluding hydrogens is 408 g/mol. The number of carbonyl (C=O) groups excluding carboxylic acids is 1. The summed E-state index contributed by atoms with van der Waals surface area (Å²) in [5.74, 6) is -1.77. The lowest BCUT2D eigenvalue weighted by atomic mass is 10.2. The summed E-state index contributed by atoms with van der Waals surface area (Å²) in [5, 5.41) is 2.63. The summed E-state index contributed by atoms with van der Waals surface area (Å²) < 4.78 is 62.7. The lowest BCUT2D eigenvalue weighted by Gasteiger charge is -2.13. The van der Waals surface area contributed by atoms with Gasteiger partial charge in [0.05, 0.1) is 15.6 Å². The fourth-order valence-electron chi connectivity index (χ4n) is 2.05. The number of halogens is 5. The van der Waals surface area contributed by atoms with Crippen molar-refractivity contribution >= 4 is 44.8 Å². The van der Waals surface area contributed by atoms with Crippen LogP contribution < -0.4 is 11.5 Å². The highest BCUT2D eigenvalue weighted by Crippen LogP contribution is 2.39. The van der Waals surface area contributed by atoms with Crippen molar-refractivity contribution in [3.8, 4) is 5.69 Å². The van der Waals surface area contributed by atoms with E-state index in [1.807, 2.05) is 0 Å². The number of sulfone groups is 1. The number of amides is 1. The van der Waals surface area contributed by atoms with E-state index in [-0.39, 0.29) is 5.69 Å². The van der Waals surface area contributed by atoms with Gasteiger partial charge >= 0.3 is 6.18 Å². The van der Waals surface area contributed by atoms with Gasteiger partial charge in [0.1, 0.15) is 16.4 Å². The summed E-state index contributed by atoms with van der Waals surface area (Å²) in [4.78, 5) is 10.8. The Kier molecular flexibility index (Phi) is 4.70. The molecule has 0 fully saturated rings. The largest absolute Gasteiger partial charge is 0.416 e. The van der Waals surface area contributed by atoms with Crippen molar-refractivity contribution in [1.29, 1.82) is 0 Å². The molecule has 0 saturated carbocycles. The Labute approximate surface area is 149 Å². The van der Waals surface area contributed by atoms with E-state index in [2.05, 4.69) is 5.10 Å². The Morgan fingerprint density at radius 3 is 2.04 bits per heavy atom. The molecule has 2 aromatic rings. The van der Waals surface area contributed by atoms with E-state index in [1.54, 1.807) is 0 Å². The lowest BCUT2D eigenvalue weighted by molar-refractivity contribution is -0.137. The molecule has 1 heterocycles. The fourth-order valence-corrected chi connectivity index (χ4v) is 3.65. The first-order valence-electron chi connectivity index (χ1n) is 6.20. The van der Waals surface area contributed by atoms with E-state index in [1.165, 1.54) is 0 Å². The molecule has 0 saturated heterocycles. The zero-order valence-corrected chi connectivity index (χ0v) is 14.6. The minimum atomic E-state index is -4.71. The maximum absolute atomic E-state index is 12.8. The Hall–Kier alpha value is -1.98. The zero-order chi connectivity index (χ0) is 19.3. The minimum absolute atomic E-state index is 0.328. The topological polar surface area (TPSA) is 121 Å². The highest BCUT2D eigenvalue weighted by Gasteiger charge is 2.34. The number of hydrogen-bond donors (Lipinski definition) is 2. The first kappa shape index (κ1) is 19.3. The summed E-state index contributed by atoms with van der Waals surface area (Å²) in [5.41, 5.74) is 8.63. The van der Waals surface area contributed by atoms with E-state index in [9.17, 15) is 26.4 Å². The molecule has 1 amide bonds. The van der Waals surface area contributed by atoms with Crippen molar-refractivity contribution in [2.24, 2.45) is 5.73 Å². The molecule has 0 unspecified atom stereocenters. The van der Waals surface area contributed by atoms with E-state index < -0.39 is 53.9 Å². The van der Waals surface area contributed by atoms with Crippen LogP contribution in [0.1, 0.15) is 16.1 Å². The molecule has 0 aliphatic rings. The predicted octanol–water partition coefficient (Wildman–Crippen LogP) is 2.28. The molecule has 1 aromatic heterocycles. The number of rotatable bonds is 3. The molecule has 1 aromatic carbocycles. The highest BCUT2D eigenvalue weighted by molar-refractivity contribution is 7.91. The number of nitrogen functional groups attached to an aromatic ring is 1.